The fourth-order valence-corrected chi connectivity index (χ4v) is 3.84. The van der Waals surface area contributed by atoms with E-state index >= 15 is 0 Å². The quantitative estimate of drug-likeness (QED) is 0.193. The molecule has 0 saturated carbocycles. The van der Waals surface area contributed by atoms with Gasteiger partial charge in [-0.25, -0.2) is 0 Å². The Balaban J connectivity index is 0.00000176. The van der Waals surface area contributed by atoms with Crippen LogP contribution >= 0.6 is 23.2 Å². The lowest BCUT2D eigenvalue weighted by Crippen LogP contribution is -2.46. The molecular weight excluding hydrogens is 451 g/mol. The van der Waals surface area contributed by atoms with Crippen LogP contribution in [0.4, 0.5) is 5.69 Å². The molecule has 32 heavy (non-hydrogen) atoms. The number of benzene rings is 2. The molecule has 3 rings (SSSR count). The predicted molar refractivity (Wildman–Crippen MR) is 127 cm³/mol. The number of allylic oxidation sites excluding steroid dienone is 4. The monoisotopic (exact) mass is 474 g/mol. The number of likely N-dealkylation sites (N-methyl/N-ethyl adjacent to an activating group) is 1. The molecule has 1 unspecified atom stereocenters. The van der Waals surface area contributed by atoms with Crippen molar-refractivity contribution in [2.75, 3.05) is 13.4 Å². The molecule has 0 saturated heterocycles. The lowest BCUT2D eigenvalue weighted by molar-refractivity contribution is -0.384. The van der Waals surface area contributed by atoms with Gasteiger partial charge in [-0.2, -0.15) is 0 Å². The zero-order valence-corrected chi connectivity index (χ0v) is 19.3. The zero-order valence-electron chi connectivity index (χ0n) is 17.7. The number of carbonyl (C=O) groups excluding carboxylic acids is 1. The first kappa shape index (κ1) is 25.5. The van der Waals surface area contributed by atoms with Crippen LogP contribution < -0.4 is 0 Å². The van der Waals surface area contributed by atoms with Crippen LogP contribution in [0, 0.1) is 10.1 Å². The van der Waals surface area contributed by atoms with E-state index in [1.807, 2.05) is 12.1 Å². The molecule has 0 bridgehead atoms. The number of non-ortho nitro benzene ring substituents is 1. The van der Waals surface area contributed by atoms with E-state index in [0.29, 0.717) is 28.9 Å². The summed E-state index contributed by atoms with van der Waals surface area (Å²) in [6.07, 6.45) is 7.72. The first-order chi connectivity index (χ1) is 15.4. The second-order valence-corrected chi connectivity index (χ2v) is 7.43. The average Bonchev–Trinajstić information content (AvgIpc) is 3.01. The lowest BCUT2D eigenvalue weighted by atomic mass is 9.87. The minimum atomic E-state index is -1.70. The van der Waals surface area contributed by atoms with Crippen molar-refractivity contribution < 1.29 is 14.8 Å². The first-order valence-corrected chi connectivity index (χ1v) is 10.8. The van der Waals surface area contributed by atoms with Crippen LogP contribution in [0.1, 0.15) is 17.5 Å². The number of hydrogen-bond acceptors (Lipinski definition) is 5. The van der Waals surface area contributed by atoms with E-state index in [0.717, 1.165) is 5.56 Å². The van der Waals surface area contributed by atoms with Gasteiger partial charge in [-0.3, -0.25) is 19.8 Å². The Morgan fingerprint density at radius 2 is 1.78 bits per heavy atom. The van der Waals surface area contributed by atoms with E-state index in [1.54, 1.807) is 60.5 Å². The largest absolute Gasteiger partial charge is 0.367 e. The Kier molecular flexibility index (Phi) is 9.35. The highest BCUT2D eigenvalue weighted by Crippen LogP contribution is 2.41. The van der Waals surface area contributed by atoms with E-state index in [1.165, 1.54) is 18.5 Å². The number of alkyl halides is 1. The summed E-state index contributed by atoms with van der Waals surface area (Å²) < 4.78 is 0. The molecule has 0 radical (unpaired) electrons. The molecule has 168 valence electrons. The third kappa shape index (κ3) is 5.53. The molecule has 6 nitrogen and oxygen atoms in total. The second kappa shape index (κ2) is 11.7. The van der Waals surface area contributed by atoms with Crippen molar-refractivity contribution in [3.63, 3.8) is 0 Å². The van der Waals surface area contributed by atoms with Gasteiger partial charge in [-0.15, -0.1) is 11.6 Å². The predicted octanol–water partition coefficient (Wildman–Crippen LogP) is 5.31. The standard InChI is InChI=1S/C23H21ClN2O4.CH3Cl/c1-25(15-17-11-13-20(14-12-17)26(29)30)23(28,19-8-3-2-4-9-19)22-18(16-27)7-5-6-10-21(22)24;1-2/h2-9,11-14,16,28H,10,15H2,1H3;1H3. The van der Waals surface area contributed by atoms with Gasteiger partial charge in [0.1, 0.15) is 0 Å². The molecule has 1 N–H and O–H groups in total. The lowest BCUT2D eigenvalue weighted by Gasteiger charge is -2.40. The van der Waals surface area contributed by atoms with Crippen molar-refractivity contribution >= 4 is 35.2 Å². The number of aliphatic hydroxyl groups is 1. The van der Waals surface area contributed by atoms with Crippen LogP contribution in [0.25, 0.3) is 0 Å². The zero-order chi connectivity index (χ0) is 23.7. The number of nitrogens with zero attached hydrogens (tertiary/aromatic N) is 2. The average molecular weight is 475 g/mol. The molecule has 0 amide bonds. The molecule has 2 aromatic rings. The highest BCUT2D eigenvalue weighted by molar-refractivity contribution is 6.30. The molecule has 0 aromatic heterocycles. The Bertz CT molecular complexity index is 1030. The summed E-state index contributed by atoms with van der Waals surface area (Å²) in [6.45, 7) is 0.261. The van der Waals surface area contributed by atoms with Gasteiger partial charge < -0.3 is 5.11 Å². The van der Waals surface area contributed by atoms with Crippen molar-refractivity contribution in [2.45, 2.75) is 18.7 Å². The Morgan fingerprint density at radius 1 is 1.16 bits per heavy atom. The normalized spacial score (nSPS) is 15.2. The number of carbonyl (C=O) groups is 1. The number of hydrogen-bond donors (Lipinski definition) is 1. The summed E-state index contributed by atoms with van der Waals surface area (Å²) in [4.78, 5) is 24.0. The minimum Gasteiger partial charge on any atom is -0.367 e. The van der Waals surface area contributed by atoms with Gasteiger partial charge >= 0.3 is 0 Å². The number of aldehydes is 1. The molecule has 0 aliphatic heterocycles. The Labute approximate surface area is 197 Å². The van der Waals surface area contributed by atoms with Crippen molar-refractivity contribution in [3.8, 4) is 0 Å². The summed E-state index contributed by atoms with van der Waals surface area (Å²) in [7, 11) is 1.71. The van der Waals surface area contributed by atoms with E-state index in [4.69, 9.17) is 11.6 Å². The maximum absolute atomic E-state index is 12.0. The van der Waals surface area contributed by atoms with Gasteiger partial charge in [-0.05, 0) is 12.6 Å². The number of nitro groups is 1. The fourth-order valence-electron chi connectivity index (χ4n) is 3.51. The molecule has 1 aliphatic carbocycles. The minimum absolute atomic E-state index is 0.00788. The van der Waals surface area contributed by atoms with Gasteiger partial charge in [-0.1, -0.05) is 72.3 Å². The third-order valence-corrected chi connectivity index (χ3v) is 5.38. The first-order valence-electron chi connectivity index (χ1n) is 9.69. The van der Waals surface area contributed by atoms with Crippen molar-refractivity contribution in [3.05, 3.63) is 110 Å². The summed E-state index contributed by atoms with van der Waals surface area (Å²) >= 11 is 11.2. The maximum atomic E-state index is 12.0. The highest BCUT2D eigenvalue weighted by Gasteiger charge is 2.41. The van der Waals surface area contributed by atoms with Crippen molar-refractivity contribution in [2.24, 2.45) is 0 Å². The number of nitro benzene ring substituents is 1. The summed E-state index contributed by atoms with van der Waals surface area (Å²) in [5, 5.41) is 23.3. The Hall–Kier alpha value is -2.77. The summed E-state index contributed by atoms with van der Waals surface area (Å²) in [5.41, 5.74) is 0.218. The molecule has 0 spiro atoms. The van der Waals surface area contributed by atoms with Crippen molar-refractivity contribution in [1.29, 1.82) is 0 Å². The fraction of sp³-hybridized carbons (Fsp3) is 0.208. The van der Waals surface area contributed by atoms with Crippen LogP contribution in [0.5, 0.6) is 0 Å². The molecule has 0 fully saturated rings. The highest BCUT2D eigenvalue weighted by atomic mass is 35.5. The molecule has 1 atom stereocenters. The summed E-state index contributed by atoms with van der Waals surface area (Å²) in [6, 6.07) is 15.1. The number of rotatable bonds is 7. The van der Waals surface area contributed by atoms with E-state index in [2.05, 4.69) is 11.6 Å². The smallest absolute Gasteiger partial charge is 0.269 e. The van der Waals surface area contributed by atoms with Gasteiger partial charge in [0, 0.05) is 53.2 Å². The Morgan fingerprint density at radius 3 is 2.34 bits per heavy atom. The third-order valence-electron chi connectivity index (χ3n) is 5.04. The maximum Gasteiger partial charge on any atom is 0.269 e. The van der Waals surface area contributed by atoms with E-state index in [9.17, 15) is 20.0 Å². The van der Waals surface area contributed by atoms with Gasteiger partial charge in [0.25, 0.3) is 5.69 Å². The van der Waals surface area contributed by atoms with Crippen LogP contribution in [0.15, 0.2) is 89.0 Å². The van der Waals surface area contributed by atoms with Crippen LogP contribution in [-0.4, -0.2) is 34.6 Å². The molecule has 2 aromatic carbocycles. The second-order valence-electron chi connectivity index (χ2n) is 6.97. The van der Waals surface area contributed by atoms with Gasteiger partial charge in [0.05, 0.1) is 4.92 Å². The SMILES string of the molecule is CCl.CN(Cc1ccc([N+](=O)[O-])cc1)C(O)(C1=C(Cl)CC=CC=C1C=O)c1ccccc1. The summed E-state index contributed by atoms with van der Waals surface area (Å²) in [5.74, 6) is 0. The van der Waals surface area contributed by atoms with Crippen LogP contribution in [0.3, 0.4) is 0 Å². The van der Waals surface area contributed by atoms with E-state index < -0.39 is 10.6 Å². The number of halogens is 2. The topological polar surface area (TPSA) is 83.7 Å². The van der Waals surface area contributed by atoms with Gasteiger partial charge in [0.2, 0.25) is 0 Å². The van der Waals surface area contributed by atoms with Crippen LogP contribution in [0.2, 0.25) is 0 Å². The van der Waals surface area contributed by atoms with Gasteiger partial charge in [0.15, 0.2) is 12.0 Å². The van der Waals surface area contributed by atoms with Crippen LogP contribution in [-0.2, 0) is 17.1 Å². The molecular formula is C24H24Cl2N2O4. The molecule has 0 heterocycles. The van der Waals surface area contributed by atoms with E-state index in [-0.39, 0.29) is 17.8 Å². The molecule has 8 heteroatoms. The van der Waals surface area contributed by atoms with Crippen molar-refractivity contribution in [1.82, 2.24) is 4.90 Å². The molecule has 1 aliphatic rings.